The minimum atomic E-state index is -1.10. The Hall–Kier alpha value is -1.77. The van der Waals surface area contributed by atoms with Crippen molar-refractivity contribution in [3.63, 3.8) is 0 Å². The van der Waals surface area contributed by atoms with Crippen LogP contribution in [0.5, 0.6) is 0 Å². The van der Waals surface area contributed by atoms with Gasteiger partial charge in [-0.05, 0) is 30.9 Å². The van der Waals surface area contributed by atoms with E-state index >= 15 is 0 Å². The van der Waals surface area contributed by atoms with Crippen LogP contribution >= 0.6 is 0 Å². The second-order valence-corrected chi connectivity index (χ2v) is 14.9. The maximum absolute atomic E-state index is 10.1. The molecule has 0 bridgehead atoms. The molecule has 1 saturated carbocycles. The van der Waals surface area contributed by atoms with E-state index in [2.05, 4.69) is 59.0 Å². The van der Waals surface area contributed by atoms with Crippen LogP contribution in [0.25, 0.3) is 0 Å². The van der Waals surface area contributed by atoms with Crippen LogP contribution in [-0.2, 0) is 11.3 Å². The molecule has 1 aromatic heterocycles. The molecule has 29 heavy (non-hydrogen) atoms. The molecule has 1 N–H and O–H groups in total. The number of aliphatic imine (C=N–C) groups is 1. The van der Waals surface area contributed by atoms with Crippen LogP contribution in [0, 0.1) is 5.92 Å². The summed E-state index contributed by atoms with van der Waals surface area (Å²) in [7, 11) is -1.10. The molecule has 3 atom stereocenters. The van der Waals surface area contributed by atoms with Gasteiger partial charge in [0.15, 0.2) is 5.82 Å². The zero-order valence-electron chi connectivity index (χ0n) is 18.2. The van der Waals surface area contributed by atoms with E-state index in [-0.39, 0.29) is 12.0 Å². The highest BCUT2D eigenvalue weighted by molar-refractivity contribution is 6.76. The maximum atomic E-state index is 10.1. The molecule has 2 heterocycles. The Morgan fingerprint density at radius 1 is 1.28 bits per heavy atom. The Morgan fingerprint density at radius 3 is 2.79 bits per heavy atom. The average Bonchev–Trinajstić information content (AvgIpc) is 3.23. The highest BCUT2D eigenvalue weighted by Crippen LogP contribution is 2.41. The first-order valence-corrected chi connectivity index (χ1v) is 14.3. The number of hydrogen-bond donors (Lipinski definition) is 1. The monoisotopic (exact) mass is 417 g/mol. The molecule has 0 aromatic carbocycles. The number of nitrogens with zero attached hydrogens (tertiary/aromatic N) is 5. The van der Waals surface area contributed by atoms with Gasteiger partial charge in [0.05, 0.1) is 12.3 Å². The Kier molecular flexibility index (Phi) is 7.08. The van der Waals surface area contributed by atoms with Crippen LogP contribution in [0.15, 0.2) is 29.7 Å². The predicted molar refractivity (Wildman–Crippen MR) is 118 cm³/mol. The third kappa shape index (κ3) is 5.64. The summed E-state index contributed by atoms with van der Waals surface area (Å²) in [6.45, 7) is 15.1. The molecule has 1 aliphatic carbocycles. The molecule has 3 unspecified atom stereocenters. The van der Waals surface area contributed by atoms with Crippen molar-refractivity contribution in [2.45, 2.75) is 70.4 Å². The number of aliphatic hydroxyl groups excluding tert-OH is 1. The van der Waals surface area contributed by atoms with Crippen LogP contribution in [0.4, 0.5) is 0 Å². The van der Waals surface area contributed by atoms with Gasteiger partial charge in [-0.2, -0.15) is 0 Å². The molecule has 7 nitrogen and oxygen atoms in total. The van der Waals surface area contributed by atoms with E-state index in [0.717, 1.165) is 43.6 Å². The van der Waals surface area contributed by atoms with E-state index in [9.17, 15) is 5.11 Å². The highest BCUT2D eigenvalue weighted by Gasteiger charge is 2.36. The van der Waals surface area contributed by atoms with Crippen LogP contribution in [-0.4, -0.2) is 58.5 Å². The fraction of sp³-hybridized carbons (Fsp3) is 0.667. The lowest BCUT2D eigenvalue weighted by Crippen LogP contribution is -2.24. The molecule has 3 rings (SSSR count). The summed E-state index contributed by atoms with van der Waals surface area (Å²) < 4.78 is 7.98. The number of hydrogen-bond acceptors (Lipinski definition) is 6. The van der Waals surface area contributed by atoms with Gasteiger partial charge in [0.1, 0.15) is 18.4 Å². The summed E-state index contributed by atoms with van der Waals surface area (Å²) in [6, 6.07) is 1.14. The summed E-state index contributed by atoms with van der Waals surface area (Å²) in [5, 5.41) is 19.0. The van der Waals surface area contributed by atoms with Crippen LogP contribution < -0.4 is 0 Å². The fourth-order valence-electron chi connectivity index (χ4n) is 3.98. The molecular formula is C21H35N5O2Si. The minimum absolute atomic E-state index is 0.239. The molecule has 1 aliphatic heterocycles. The zero-order valence-corrected chi connectivity index (χ0v) is 19.2. The Labute approximate surface area is 175 Å². The van der Waals surface area contributed by atoms with Crippen LogP contribution in [0.1, 0.15) is 43.8 Å². The van der Waals surface area contributed by atoms with Gasteiger partial charge < -0.3 is 19.3 Å². The SMILES string of the molecule is C=C1N=Cc2nnc(C3CC(O)CC3CC)n2C/C=C\N1COCC[Si](C)(C)C. The first kappa shape index (κ1) is 21.9. The van der Waals surface area contributed by atoms with Crippen LogP contribution in [0.3, 0.4) is 0 Å². The number of aliphatic hydroxyl groups is 1. The van der Waals surface area contributed by atoms with Gasteiger partial charge in [-0.15, -0.1) is 10.2 Å². The van der Waals surface area contributed by atoms with E-state index < -0.39 is 8.07 Å². The van der Waals surface area contributed by atoms with Gasteiger partial charge in [-0.1, -0.05) is 39.6 Å². The summed E-state index contributed by atoms with van der Waals surface area (Å²) in [4.78, 5) is 6.42. The van der Waals surface area contributed by atoms with Crippen molar-refractivity contribution in [3.05, 3.63) is 36.3 Å². The average molecular weight is 418 g/mol. The van der Waals surface area contributed by atoms with Crippen molar-refractivity contribution in [2.24, 2.45) is 10.9 Å². The quantitative estimate of drug-likeness (QED) is 0.542. The summed E-state index contributed by atoms with van der Waals surface area (Å²) in [5.74, 6) is 2.98. The molecule has 0 radical (unpaired) electrons. The van der Waals surface area contributed by atoms with E-state index in [1.54, 1.807) is 6.21 Å². The highest BCUT2D eigenvalue weighted by atomic mass is 28.3. The first-order chi connectivity index (χ1) is 13.8. The molecule has 1 fully saturated rings. The summed E-state index contributed by atoms with van der Waals surface area (Å²) in [5.41, 5.74) is 0. The van der Waals surface area contributed by atoms with Crippen LogP contribution in [0.2, 0.25) is 25.7 Å². The number of fused-ring (bicyclic) bond motifs is 1. The normalized spacial score (nSPS) is 26.2. The van der Waals surface area contributed by atoms with Gasteiger partial charge in [0.2, 0.25) is 0 Å². The number of allylic oxidation sites excluding steroid dienone is 1. The van der Waals surface area contributed by atoms with Crippen molar-refractivity contribution in [2.75, 3.05) is 13.3 Å². The number of ether oxygens (including phenoxy) is 1. The summed E-state index contributed by atoms with van der Waals surface area (Å²) >= 11 is 0. The van der Waals surface area contributed by atoms with Gasteiger partial charge in [0.25, 0.3) is 0 Å². The lowest BCUT2D eigenvalue weighted by molar-refractivity contribution is 0.0780. The molecular weight excluding hydrogens is 382 g/mol. The van der Waals surface area contributed by atoms with E-state index in [0.29, 0.717) is 25.0 Å². The topological polar surface area (TPSA) is 75.8 Å². The van der Waals surface area contributed by atoms with Gasteiger partial charge in [-0.3, -0.25) is 0 Å². The van der Waals surface area contributed by atoms with E-state index in [4.69, 9.17) is 4.74 Å². The van der Waals surface area contributed by atoms with E-state index in [1.165, 1.54) is 0 Å². The van der Waals surface area contributed by atoms with Crippen molar-refractivity contribution in [1.29, 1.82) is 0 Å². The van der Waals surface area contributed by atoms with Crippen molar-refractivity contribution in [3.8, 4) is 0 Å². The Morgan fingerprint density at radius 2 is 2.07 bits per heavy atom. The Bertz CT molecular complexity index is 768. The number of aromatic nitrogens is 3. The standard InChI is InChI=1S/C21H35N5O2Si/c1-6-17-12-18(27)13-19(17)21-24-23-20-14-22-16(2)25(8-7-9-26(20)21)15-28-10-11-29(3,4)5/h7-8,14,17-19,27H,2,6,9-13,15H2,1,3-5H3/b8-7-,22-14?. The molecule has 0 saturated heterocycles. The van der Waals surface area contributed by atoms with Crippen molar-refractivity contribution < 1.29 is 9.84 Å². The van der Waals surface area contributed by atoms with Gasteiger partial charge >= 0.3 is 0 Å². The third-order valence-electron chi connectivity index (χ3n) is 5.79. The lowest BCUT2D eigenvalue weighted by atomic mass is 9.93. The second kappa shape index (κ2) is 9.36. The van der Waals surface area contributed by atoms with E-state index in [1.807, 2.05) is 11.1 Å². The maximum Gasteiger partial charge on any atom is 0.175 e. The largest absolute Gasteiger partial charge is 0.393 e. The van der Waals surface area contributed by atoms with Gasteiger partial charge in [-0.25, -0.2) is 4.99 Å². The van der Waals surface area contributed by atoms with Crippen molar-refractivity contribution >= 4 is 14.3 Å². The minimum Gasteiger partial charge on any atom is -0.393 e. The molecule has 160 valence electrons. The molecule has 1 aromatic rings. The van der Waals surface area contributed by atoms with Crippen molar-refractivity contribution in [1.82, 2.24) is 19.7 Å². The molecule has 2 aliphatic rings. The Balaban J connectivity index is 1.71. The zero-order chi connectivity index (χ0) is 21.0. The lowest BCUT2D eigenvalue weighted by Gasteiger charge is -2.21. The molecule has 0 amide bonds. The third-order valence-corrected chi connectivity index (χ3v) is 7.50. The first-order valence-electron chi connectivity index (χ1n) is 10.6. The van der Waals surface area contributed by atoms with Gasteiger partial charge in [0, 0.05) is 33.3 Å². The predicted octanol–water partition coefficient (Wildman–Crippen LogP) is 3.57. The second-order valence-electron chi connectivity index (χ2n) is 9.30. The number of rotatable bonds is 7. The smallest absolute Gasteiger partial charge is 0.175 e. The fourth-order valence-corrected chi connectivity index (χ4v) is 4.74. The summed E-state index contributed by atoms with van der Waals surface area (Å²) in [6.07, 6.45) is 8.16. The molecule has 8 heteroatoms. The molecule has 0 spiro atoms.